The molecular weight excluding hydrogens is 290 g/mol. The molecule has 1 heterocycles. The lowest BCUT2D eigenvalue weighted by molar-refractivity contribution is -0.387. The summed E-state index contributed by atoms with van der Waals surface area (Å²) in [5.74, 6) is 0.360. The first-order chi connectivity index (χ1) is 7.97. The van der Waals surface area contributed by atoms with Crippen LogP contribution in [0.1, 0.15) is 19.5 Å². The fourth-order valence-electron chi connectivity index (χ4n) is 1.30. The molecule has 0 bridgehead atoms. The summed E-state index contributed by atoms with van der Waals surface area (Å²) in [5, 5.41) is 11.0. The highest BCUT2D eigenvalue weighted by Crippen LogP contribution is 2.29. The molecule has 6 nitrogen and oxygen atoms in total. The maximum atomic E-state index is 11.0. The van der Waals surface area contributed by atoms with Gasteiger partial charge in [0.15, 0.2) is 0 Å². The minimum absolute atomic E-state index is 0.00320. The van der Waals surface area contributed by atoms with Gasteiger partial charge >= 0.3 is 5.69 Å². The number of nitrogens with zero attached hydrogens (tertiary/aromatic N) is 3. The fraction of sp³-hybridized carbons (Fsp3) is 0.600. The van der Waals surface area contributed by atoms with Crippen molar-refractivity contribution in [3.8, 4) is 5.88 Å². The summed E-state index contributed by atoms with van der Waals surface area (Å²) in [7, 11) is 1.35. The molecule has 94 valence electrons. The lowest BCUT2D eigenvalue weighted by Crippen LogP contribution is -2.14. The Bertz CT molecular complexity index is 412. The molecule has 0 radical (unpaired) electrons. The molecule has 0 amide bonds. The van der Waals surface area contributed by atoms with Crippen molar-refractivity contribution in [3.05, 3.63) is 22.1 Å². The summed E-state index contributed by atoms with van der Waals surface area (Å²) in [5.41, 5.74) is 0.234. The number of alkyl halides is 1. The van der Waals surface area contributed by atoms with Crippen LogP contribution in [0, 0.1) is 16.0 Å². The van der Waals surface area contributed by atoms with Crippen LogP contribution in [0.25, 0.3) is 0 Å². The van der Waals surface area contributed by atoms with Crippen molar-refractivity contribution in [3.63, 3.8) is 0 Å². The van der Waals surface area contributed by atoms with Gasteiger partial charge in [-0.3, -0.25) is 10.1 Å². The van der Waals surface area contributed by atoms with Crippen molar-refractivity contribution in [1.82, 2.24) is 9.97 Å². The molecule has 0 saturated carbocycles. The Morgan fingerprint density at radius 2 is 2.18 bits per heavy atom. The minimum atomic E-state index is -0.506. The van der Waals surface area contributed by atoms with Crippen LogP contribution >= 0.6 is 15.9 Å². The number of ether oxygens (including phenoxy) is 1. The number of methoxy groups -OCH3 is 1. The molecule has 0 aliphatic carbocycles. The first kappa shape index (κ1) is 13.8. The summed E-state index contributed by atoms with van der Waals surface area (Å²) in [4.78, 5) is 18.3. The zero-order valence-electron chi connectivity index (χ0n) is 9.88. The average molecular weight is 304 g/mol. The Balaban J connectivity index is 3.10. The predicted molar refractivity (Wildman–Crippen MR) is 66.5 cm³/mol. The van der Waals surface area contributed by atoms with Gasteiger partial charge in [0.25, 0.3) is 5.88 Å². The van der Waals surface area contributed by atoms with Crippen molar-refractivity contribution < 1.29 is 9.66 Å². The van der Waals surface area contributed by atoms with Gasteiger partial charge in [0.05, 0.1) is 12.0 Å². The topological polar surface area (TPSA) is 78.2 Å². The van der Waals surface area contributed by atoms with E-state index in [0.29, 0.717) is 18.0 Å². The van der Waals surface area contributed by atoms with Crippen LogP contribution in [-0.2, 0) is 6.42 Å². The van der Waals surface area contributed by atoms with E-state index < -0.39 is 4.92 Å². The van der Waals surface area contributed by atoms with E-state index in [0.717, 1.165) is 0 Å². The van der Waals surface area contributed by atoms with Crippen LogP contribution in [0.4, 0.5) is 5.69 Å². The van der Waals surface area contributed by atoms with Gasteiger partial charge in [0.2, 0.25) is 0 Å². The highest BCUT2D eigenvalue weighted by Gasteiger charge is 2.25. The summed E-state index contributed by atoms with van der Waals surface area (Å²) in [6, 6.07) is 0. The second-order valence-corrected chi connectivity index (χ2v) is 5.08. The monoisotopic (exact) mass is 303 g/mol. The van der Waals surface area contributed by atoms with E-state index in [2.05, 4.69) is 25.9 Å². The summed E-state index contributed by atoms with van der Waals surface area (Å²) >= 11 is 3.48. The number of rotatable bonds is 5. The van der Waals surface area contributed by atoms with Crippen molar-refractivity contribution in [2.45, 2.75) is 25.1 Å². The number of nitro groups is 1. The second kappa shape index (κ2) is 5.90. The van der Waals surface area contributed by atoms with Gasteiger partial charge in [0.1, 0.15) is 12.0 Å². The van der Waals surface area contributed by atoms with Crippen LogP contribution in [0.3, 0.4) is 0 Å². The highest BCUT2D eigenvalue weighted by molar-refractivity contribution is 9.09. The molecule has 1 unspecified atom stereocenters. The first-order valence-electron chi connectivity index (χ1n) is 5.13. The molecular formula is C10H14BrN3O3. The number of aromatic nitrogens is 2. The molecule has 1 aromatic heterocycles. The number of hydrogen-bond acceptors (Lipinski definition) is 5. The Morgan fingerprint density at radius 3 is 2.65 bits per heavy atom. The quantitative estimate of drug-likeness (QED) is 0.474. The van der Waals surface area contributed by atoms with Crippen LogP contribution in [-0.4, -0.2) is 26.8 Å². The van der Waals surface area contributed by atoms with Crippen molar-refractivity contribution in [2.75, 3.05) is 7.11 Å². The molecule has 0 aliphatic heterocycles. The molecule has 0 aromatic carbocycles. The molecule has 0 fully saturated rings. The zero-order valence-corrected chi connectivity index (χ0v) is 11.5. The Morgan fingerprint density at radius 1 is 1.53 bits per heavy atom. The Hall–Kier alpha value is -1.24. The fourth-order valence-corrected chi connectivity index (χ4v) is 1.61. The summed E-state index contributed by atoms with van der Waals surface area (Å²) < 4.78 is 4.88. The number of hydrogen-bond donors (Lipinski definition) is 0. The van der Waals surface area contributed by atoms with Crippen molar-refractivity contribution >= 4 is 21.6 Å². The van der Waals surface area contributed by atoms with Gasteiger partial charge in [-0.2, -0.15) is 4.98 Å². The summed E-state index contributed by atoms with van der Waals surface area (Å²) in [6.07, 6.45) is 1.74. The van der Waals surface area contributed by atoms with Gasteiger partial charge in [-0.25, -0.2) is 4.98 Å². The normalized spacial score (nSPS) is 12.5. The Kier molecular flexibility index (Phi) is 4.80. The SMILES string of the molecule is COc1ncnc(CC(Br)C(C)C)c1[N+](=O)[O-]. The van der Waals surface area contributed by atoms with E-state index in [-0.39, 0.29) is 16.4 Å². The lowest BCUT2D eigenvalue weighted by atomic mass is 10.1. The third-order valence-electron chi connectivity index (χ3n) is 2.35. The van der Waals surface area contributed by atoms with Gasteiger partial charge in [-0.15, -0.1) is 0 Å². The van der Waals surface area contributed by atoms with Gasteiger partial charge in [0, 0.05) is 11.2 Å². The van der Waals surface area contributed by atoms with Crippen molar-refractivity contribution in [2.24, 2.45) is 5.92 Å². The van der Waals surface area contributed by atoms with Crippen molar-refractivity contribution in [1.29, 1.82) is 0 Å². The maximum Gasteiger partial charge on any atom is 0.352 e. The maximum absolute atomic E-state index is 11.0. The van der Waals surface area contributed by atoms with E-state index in [1.54, 1.807) is 0 Å². The number of halogens is 1. The zero-order chi connectivity index (χ0) is 13.0. The van der Waals surface area contributed by atoms with E-state index >= 15 is 0 Å². The van der Waals surface area contributed by atoms with E-state index in [1.165, 1.54) is 13.4 Å². The summed E-state index contributed by atoms with van der Waals surface area (Å²) in [6.45, 7) is 4.06. The first-order valence-corrected chi connectivity index (χ1v) is 6.05. The molecule has 0 aliphatic rings. The second-order valence-electron chi connectivity index (χ2n) is 3.90. The molecule has 0 N–H and O–H groups in total. The predicted octanol–water partition coefficient (Wildman–Crippen LogP) is 2.36. The van der Waals surface area contributed by atoms with Gasteiger partial charge < -0.3 is 4.74 Å². The third-order valence-corrected chi connectivity index (χ3v) is 3.73. The molecule has 0 spiro atoms. The average Bonchev–Trinajstić information content (AvgIpc) is 2.27. The molecule has 1 atom stereocenters. The van der Waals surface area contributed by atoms with E-state index in [9.17, 15) is 10.1 Å². The lowest BCUT2D eigenvalue weighted by Gasteiger charge is -2.13. The molecule has 0 saturated heterocycles. The van der Waals surface area contributed by atoms with E-state index in [4.69, 9.17) is 4.74 Å². The third kappa shape index (κ3) is 3.36. The smallest absolute Gasteiger partial charge is 0.352 e. The standard InChI is InChI=1S/C10H14BrN3O3/c1-6(2)7(11)4-8-9(14(15)16)10(17-3)13-5-12-8/h5-7H,4H2,1-3H3. The van der Waals surface area contributed by atoms with Crippen LogP contribution in [0.15, 0.2) is 6.33 Å². The van der Waals surface area contributed by atoms with E-state index in [1.807, 2.05) is 13.8 Å². The van der Waals surface area contributed by atoms with Gasteiger partial charge in [-0.1, -0.05) is 29.8 Å². The van der Waals surface area contributed by atoms with Crippen LogP contribution < -0.4 is 4.74 Å². The molecule has 7 heteroatoms. The Labute approximate surface area is 108 Å². The molecule has 1 rings (SSSR count). The highest BCUT2D eigenvalue weighted by atomic mass is 79.9. The molecule has 1 aromatic rings. The largest absolute Gasteiger partial charge is 0.476 e. The molecule has 17 heavy (non-hydrogen) atoms. The minimum Gasteiger partial charge on any atom is -0.476 e. The van der Waals surface area contributed by atoms with Gasteiger partial charge in [-0.05, 0) is 5.92 Å². The van der Waals surface area contributed by atoms with Crippen LogP contribution in [0.5, 0.6) is 5.88 Å². The van der Waals surface area contributed by atoms with Crippen LogP contribution in [0.2, 0.25) is 0 Å².